The van der Waals surface area contributed by atoms with E-state index in [-0.39, 0.29) is 0 Å². The molecule has 0 aliphatic heterocycles. The molecular weight excluding hydrogens is 246 g/mol. The van der Waals surface area contributed by atoms with Crippen LogP contribution in [-0.4, -0.2) is 15.6 Å². The highest BCUT2D eigenvalue weighted by molar-refractivity contribution is 5.35. The van der Waals surface area contributed by atoms with Crippen LogP contribution in [0.3, 0.4) is 0 Å². The smallest absolute Gasteiger partial charge is 0.0991 e. The highest BCUT2D eigenvalue weighted by Gasteiger charge is 2.11. The van der Waals surface area contributed by atoms with Gasteiger partial charge in [0.05, 0.1) is 6.33 Å². The van der Waals surface area contributed by atoms with Gasteiger partial charge in [-0.05, 0) is 37.5 Å². The lowest BCUT2D eigenvalue weighted by atomic mass is 10.0. The van der Waals surface area contributed by atoms with E-state index in [1.165, 1.54) is 24.8 Å². The molecule has 0 aliphatic rings. The molecule has 0 bridgehead atoms. The minimum atomic E-state index is 0.392. The van der Waals surface area contributed by atoms with Gasteiger partial charge in [-0.25, -0.2) is 4.98 Å². The van der Waals surface area contributed by atoms with Crippen molar-refractivity contribution in [1.29, 1.82) is 0 Å². The summed E-state index contributed by atoms with van der Waals surface area (Å²) in [7, 11) is 0. The normalized spacial score (nSPS) is 14.2. The Morgan fingerprint density at radius 3 is 2.50 bits per heavy atom. The summed E-state index contributed by atoms with van der Waals surface area (Å²) in [5.74, 6) is 0. The molecule has 3 heteroatoms. The lowest BCUT2D eigenvalue weighted by Crippen LogP contribution is -2.30. The van der Waals surface area contributed by atoms with Crippen LogP contribution in [0.2, 0.25) is 0 Å². The maximum absolute atomic E-state index is 4.08. The van der Waals surface area contributed by atoms with Crippen molar-refractivity contribution in [3.05, 3.63) is 48.5 Å². The van der Waals surface area contributed by atoms with Crippen molar-refractivity contribution >= 4 is 0 Å². The Bertz CT molecular complexity index is 487. The molecule has 1 aromatic carbocycles. The minimum absolute atomic E-state index is 0.392. The Morgan fingerprint density at radius 2 is 1.95 bits per heavy atom. The van der Waals surface area contributed by atoms with E-state index in [2.05, 4.69) is 55.3 Å². The first kappa shape index (κ1) is 14.8. The van der Waals surface area contributed by atoms with Gasteiger partial charge in [0.15, 0.2) is 0 Å². The summed E-state index contributed by atoms with van der Waals surface area (Å²) in [4.78, 5) is 4.08. The zero-order valence-electron chi connectivity index (χ0n) is 12.7. The molecule has 2 rings (SSSR count). The highest BCUT2D eigenvalue weighted by Crippen LogP contribution is 2.17. The Morgan fingerprint density at radius 1 is 1.20 bits per heavy atom. The summed E-state index contributed by atoms with van der Waals surface area (Å²) in [6.45, 7) is 6.74. The average Bonchev–Trinajstić information content (AvgIpc) is 3.01. The highest BCUT2D eigenvalue weighted by atomic mass is 15.0. The summed E-state index contributed by atoms with van der Waals surface area (Å²) < 4.78 is 2.02. The maximum Gasteiger partial charge on any atom is 0.0991 e. The van der Waals surface area contributed by atoms with E-state index in [0.717, 1.165) is 5.69 Å². The number of nitrogens with zero attached hydrogens (tertiary/aromatic N) is 2. The summed E-state index contributed by atoms with van der Waals surface area (Å²) in [5.41, 5.74) is 2.49. The Balaban J connectivity index is 2.02. The fourth-order valence-corrected chi connectivity index (χ4v) is 2.55. The lowest BCUT2D eigenvalue weighted by Gasteiger charge is -2.22. The van der Waals surface area contributed by atoms with Crippen LogP contribution < -0.4 is 5.32 Å². The van der Waals surface area contributed by atoms with Crippen molar-refractivity contribution in [2.24, 2.45) is 0 Å². The van der Waals surface area contributed by atoms with E-state index in [1.807, 2.05) is 17.1 Å². The second kappa shape index (κ2) is 7.25. The third kappa shape index (κ3) is 3.70. The van der Waals surface area contributed by atoms with Crippen molar-refractivity contribution in [3.8, 4) is 5.69 Å². The van der Waals surface area contributed by atoms with Crippen LogP contribution >= 0.6 is 0 Å². The van der Waals surface area contributed by atoms with Crippen LogP contribution in [-0.2, 0) is 0 Å². The van der Waals surface area contributed by atoms with Gasteiger partial charge in [-0.1, -0.05) is 32.4 Å². The number of aromatic nitrogens is 2. The van der Waals surface area contributed by atoms with Crippen LogP contribution in [0.5, 0.6) is 0 Å². The van der Waals surface area contributed by atoms with Gasteiger partial charge in [-0.3, -0.25) is 0 Å². The fourth-order valence-electron chi connectivity index (χ4n) is 2.55. The predicted molar refractivity (Wildman–Crippen MR) is 84.1 cm³/mol. The molecule has 20 heavy (non-hydrogen) atoms. The molecule has 0 aliphatic carbocycles. The molecule has 2 aromatic rings. The molecule has 1 N–H and O–H groups in total. The van der Waals surface area contributed by atoms with Crippen molar-refractivity contribution in [3.63, 3.8) is 0 Å². The fraction of sp³-hybridized carbons (Fsp3) is 0.471. The van der Waals surface area contributed by atoms with Crippen LogP contribution in [0.25, 0.3) is 5.69 Å². The van der Waals surface area contributed by atoms with Gasteiger partial charge in [0.1, 0.15) is 0 Å². The van der Waals surface area contributed by atoms with E-state index < -0.39 is 0 Å². The molecule has 0 radical (unpaired) electrons. The van der Waals surface area contributed by atoms with Gasteiger partial charge < -0.3 is 9.88 Å². The zero-order valence-corrected chi connectivity index (χ0v) is 12.7. The first-order valence-corrected chi connectivity index (χ1v) is 7.59. The van der Waals surface area contributed by atoms with Gasteiger partial charge in [0.25, 0.3) is 0 Å². The van der Waals surface area contributed by atoms with E-state index in [1.54, 1.807) is 6.20 Å². The molecule has 0 amide bonds. The Labute approximate surface area is 122 Å². The second-order valence-corrected chi connectivity index (χ2v) is 5.34. The van der Waals surface area contributed by atoms with Crippen LogP contribution in [0.1, 0.15) is 51.6 Å². The molecule has 2 atom stereocenters. The Hall–Kier alpha value is -1.61. The van der Waals surface area contributed by atoms with E-state index in [9.17, 15) is 0 Å². The molecule has 0 fully saturated rings. The monoisotopic (exact) mass is 271 g/mol. The van der Waals surface area contributed by atoms with Crippen molar-refractivity contribution in [2.75, 3.05) is 0 Å². The van der Waals surface area contributed by atoms with Crippen molar-refractivity contribution < 1.29 is 0 Å². The number of rotatable bonds is 7. The third-order valence-corrected chi connectivity index (χ3v) is 3.81. The van der Waals surface area contributed by atoms with E-state index >= 15 is 0 Å². The van der Waals surface area contributed by atoms with Crippen molar-refractivity contribution in [1.82, 2.24) is 14.9 Å². The van der Waals surface area contributed by atoms with Gasteiger partial charge in [-0.15, -0.1) is 0 Å². The van der Waals surface area contributed by atoms with Crippen LogP contribution in [0, 0.1) is 0 Å². The standard InChI is InChI=1S/C17H25N3/c1-4-6-16(5-2)19-14(3)15-7-9-17(10-8-15)20-12-11-18-13-20/h7-14,16,19H,4-6H2,1-3H3. The molecular formula is C17H25N3. The zero-order chi connectivity index (χ0) is 14.4. The molecule has 108 valence electrons. The summed E-state index contributed by atoms with van der Waals surface area (Å²) in [5, 5.41) is 3.72. The van der Waals surface area contributed by atoms with Gasteiger partial charge in [0.2, 0.25) is 0 Å². The largest absolute Gasteiger partial charge is 0.307 e. The number of nitrogens with one attached hydrogen (secondary N) is 1. The molecule has 2 unspecified atom stereocenters. The second-order valence-electron chi connectivity index (χ2n) is 5.34. The molecule has 1 heterocycles. The van der Waals surface area contributed by atoms with Crippen LogP contribution in [0.4, 0.5) is 0 Å². The van der Waals surface area contributed by atoms with Gasteiger partial charge in [0, 0.05) is 30.2 Å². The summed E-state index contributed by atoms with van der Waals surface area (Å²) in [6.07, 6.45) is 9.25. The third-order valence-electron chi connectivity index (χ3n) is 3.81. The Kier molecular flexibility index (Phi) is 5.36. The lowest BCUT2D eigenvalue weighted by molar-refractivity contribution is 0.417. The van der Waals surface area contributed by atoms with Gasteiger partial charge >= 0.3 is 0 Å². The number of hydrogen-bond donors (Lipinski definition) is 1. The topological polar surface area (TPSA) is 29.9 Å². The summed E-state index contributed by atoms with van der Waals surface area (Å²) in [6, 6.07) is 9.70. The maximum atomic E-state index is 4.08. The average molecular weight is 271 g/mol. The van der Waals surface area contributed by atoms with E-state index in [4.69, 9.17) is 0 Å². The predicted octanol–water partition coefficient (Wildman–Crippen LogP) is 4.10. The SMILES string of the molecule is CCCC(CC)NC(C)c1ccc(-n2ccnc2)cc1. The molecule has 0 saturated heterocycles. The summed E-state index contributed by atoms with van der Waals surface area (Å²) >= 11 is 0. The first-order chi connectivity index (χ1) is 9.74. The first-order valence-electron chi connectivity index (χ1n) is 7.59. The van der Waals surface area contributed by atoms with E-state index in [0.29, 0.717) is 12.1 Å². The molecule has 3 nitrogen and oxygen atoms in total. The van der Waals surface area contributed by atoms with Gasteiger partial charge in [-0.2, -0.15) is 0 Å². The molecule has 1 aromatic heterocycles. The quantitative estimate of drug-likeness (QED) is 0.821. The number of imidazole rings is 1. The van der Waals surface area contributed by atoms with Crippen molar-refractivity contribution in [2.45, 2.75) is 52.1 Å². The van der Waals surface area contributed by atoms with Crippen LogP contribution in [0.15, 0.2) is 43.0 Å². The number of benzene rings is 1. The minimum Gasteiger partial charge on any atom is -0.307 e. The molecule has 0 saturated carbocycles. The molecule has 0 spiro atoms. The number of hydrogen-bond acceptors (Lipinski definition) is 2.